The third-order valence-electron chi connectivity index (χ3n) is 1.89. The smallest absolute Gasteiger partial charge is 0.238 e. The third kappa shape index (κ3) is 2.75. The van der Waals surface area contributed by atoms with Crippen LogP contribution in [0.2, 0.25) is 0 Å². The Morgan fingerprint density at radius 3 is 2.60 bits per heavy atom. The SMILES string of the molecule is Cc1ccc(F)c(NC(=O)C(C)Br)c1F. The van der Waals surface area contributed by atoms with E-state index < -0.39 is 28.1 Å². The number of halogens is 3. The van der Waals surface area contributed by atoms with Gasteiger partial charge in [-0.15, -0.1) is 0 Å². The van der Waals surface area contributed by atoms with E-state index in [1.807, 2.05) is 0 Å². The van der Waals surface area contributed by atoms with Gasteiger partial charge in [-0.2, -0.15) is 0 Å². The standard InChI is InChI=1S/C10H10BrF2NO/c1-5-3-4-7(12)9(8(5)13)14-10(15)6(2)11/h3-4,6H,1-2H3,(H,14,15). The van der Waals surface area contributed by atoms with Crippen molar-refractivity contribution in [2.24, 2.45) is 0 Å². The minimum absolute atomic E-state index is 0.286. The summed E-state index contributed by atoms with van der Waals surface area (Å²) in [5.74, 6) is -2.01. The number of benzene rings is 1. The van der Waals surface area contributed by atoms with E-state index in [-0.39, 0.29) is 5.56 Å². The van der Waals surface area contributed by atoms with E-state index in [0.717, 1.165) is 6.07 Å². The number of amides is 1. The number of aryl methyl sites for hydroxylation is 1. The van der Waals surface area contributed by atoms with Crippen LogP contribution in [0.4, 0.5) is 14.5 Å². The zero-order valence-corrected chi connectivity index (χ0v) is 9.86. The van der Waals surface area contributed by atoms with Crippen molar-refractivity contribution in [3.05, 3.63) is 29.3 Å². The zero-order chi connectivity index (χ0) is 11.6. The molecule has 1 aromatic carbocycles. The number of hydrogen-bond acceptors (Lipinski definition) is 1. The maximum absolute atomic E-state index is 13.4. The Labute approximate surface area is 94.8 Å². The van der Waals surface area contributed by atoms with Crippen LogP contribution in [0.15, 0.2) is 12.1 Å². The summed E-state index contributed by atoms with van der Waals surface area (Å²) in [6.45, 7) is 3.07. The fourth-order valence-corrected chi connectivity index (χ4v) is 1.11. The monoisotopic (exact) mass is 277 g/mol. The summed E-state index contributed by atoms with van der Waals surface area (Å²) in [4.78, 5) is 10.7. The van der Waals surface area contributed by atoms with Crippen molar-refractivity contribution in [3.63, 3.8) is 0 Å². The molecule has 15 heavy (non-hydrogen) atoms. The molecule has 1 unspecified atom stereocenters. The Morgan fingerprint density at radius 2 is 2.07 bits per heavy atom. The topological polar surface area (TPSA) is 29.1 Å². The van der Waals surface area contributed by atoms with E-state index in [1.54, 1.807) is 6.92 Å². The summed E-state index contributed by atoms with van der Waals surface area (Å²) in [5, 5.41) is 2.18. The van der Waals surface area contributed by atoms with E-state index in [1.165, 1.54) is 13.0 Å². The molecular weight excluding hydrogens is 268 g/mol. The fraction of sp³-hybridized carbons (Fsp3) is 0.300. The molecule has 1 aromatic rings. The van der Waals surface area contributed by atoms with Crippen LogP contribution in [-0.4, -0.2) is 10.7 Å². The minimum atomic E-state index is -0.778. The van der Waals surface area contributed by atoms with Gasteiger partial charge in [-0.1, -0.05) is 22.0 Å². The van der Waals surface area contributed by atoms with Crippen LogP contribution < -0.4 is 5.32 Å². The number of rotatable bonds is 2. The largest absolute Gasteiger partial charge is 0.320 e. The highest BCUT2D eigenvalue weighted by Gasteiger charge is 2.16. The lowest BCUT2D eigenvalue weighted by molar-refractivity contribution is -0.115. The highest BCUT2D eigenvalue weighted by Crippen LogP contribution is 2.22. The number of nitrogens with one attached hydrogen (secondary N) is 1. The molecule has 2 nitrogen and oxygen atoms in total. The molecule has 0 saturated heterocycles. The van der Waals surface area contributed by atoms with Crippen LogP contribution in [0.3, 0.4) is 0 Å². The Balaban J connectivity index is 3.04. The van der Waals surface area contributed by atoms with E-state index in [0.29, 0.717) is 0 Å². The van der Waals surface area contributed by atoms with Crippen molar-refractivity contribution >= 4 is 27.5 Å². The van der Waals surface area contributed by atoms with Crippen LogP contribution in [0.1, 0.15) is 12.5 Å². The van der Waals surface area contributed by atoms with Crippen LogP contribution in [0, 0.1) is 18.6 Å². The highest BCUT2D eigenvalue weighted by molar-refractivity contribution is 9.10. The van der Waals surface area contributed by atoms with Gasteiger partial charge in [0.05, 0.1) is 4.83 Å². The maximum Gasteiger partial charge on any atom is 0.238 e. The minimum Gasteiger partial charge on any atom is -0.320 e. The van der Waals surface area contributed by atoms with Gasteiger partial charge in [-0.25, -0.2) is 8.78 Å². The van der Waals surface area contributed by atoms with Gasteiger partial charge in [0.25, 0.3) is 0 Å². The molecule has 0 heterocycles. The second-order valence-electron chi connectivity index (χ2n) is 3.16. The van der Waals surface area contributed by atoms with Crippen LogP contribution in [0.5, 0.6) is 0 Å². The van der Waals surface area contributed by atoms with E-state index in [4.69, 9.17) is 0 Å². The lowest BCUT2D eigenvalue weighted by Crippen LogP contribution is -2.21. The van der Waals surface area contributed by atoms with Gasteiger partial charge >= 0.3 is 0 Å². The molecular formula is C10H10BrF2NO. The molecule has 0 radical (unpaired) electrons. The average molecular weight is 278 g/mol. The third-order valence-corrected chi connectivity index (χ3v) is 2.31. The molecule has 0 fully saturated rings. The quantitative estimate of drug-likeness (QED) is 0.828. The van der Waals surface area contributed by atoms with Crippen molar-refractivity contribution in [3.8, 4) is 0 Å². The first-order chi connectivity index (χ1) is 6.93. The lowest BCUT2D eigenvalue weighted by atomic mass is 10.2. The second-order valence-corrected chi connectivity index (χ2v) is 4.53. The Bertz CT molecular complexity index is 393. The van der Waals surface area contributed by atoms with Gasteiger partial charge < -0.3 is 5.32 Å². The first-order valence-electron chi connectivity index (χ1n) is 4.33. The van der Waals surface area contributed by atoms with E-state index in [9.17, 15) is 13.6 Å². The molecule has 0 aliphatic carbocycles. The van der Waals surface area contributed by atoms with Crippen molar-refractivity contribution in [1.29, 1.82) is 0 Å². The number of carbonyl (C=O) groups is 1. The van der Waals surface area contributed by atoms with Gasteiger partial charge in [0.1, 0.15) is 11.5 Å². The predicted molar refractivity (Wildman–Crippen MR) is 58.1 cm³/mol. The molecule has 0 aliphatic heterocycles. The summed E-state index contributed by atoms with van der Waals surface area (Å²) >= 11 is 3.01. The number of alkyl halides is 1. The van der Waals surface area contributed by atoms with Gasteiger partial charge in [-0.05, 0) is 25.5 Å². The lowest BCUT2D eigenvalue weighted by Gasteiger charge is -2.10. The fourth-order valence-electron chi connectivity index (χ4n) is 0.994. The number of hydrogen-bond donors (Lipinski definition) is 1. The highest BCUT2D eigenvalue weighted by atomic mass is 79.9. The Morgan fingerprint density at radius 1 is 1.47 bits per heavy atom. The first-order valence-corrected chi connectivity index (χ1v) is 5.24. The van der Waals surface area contributed by atoms with Gasteiger partial charge in [0, 0.05) is 0 Å². The predicted octanol–water partition coefficient (Wildman–Crippen LogP) is 3.00. The summed E-state index contributed by atoms with van der Waals surface area (Å²) in [6, 6.07) is 2.44. The zero-order valence-electron chi connectivity index (χ0n) is 8.27. The molecule has 82 valence electrons. The van der Waals surface area contributed by atoms with Crippen molar-refractivity contribution in [2.45, 2.75) is 18.7 Å². The molecule has 1 amide bonds. The maximum atomic E-state index is 13.4. The van der Waals surface area contributed by atoms with Gasteiger partial charge in [0.15, 0.2) is 5.82 Å². The van der Waals surface area contributed by atoms with Crippen LogP contribution in [0.25, 0.3) is 0 Å². The summed E-state index contributed by atoms with van der Waals surface area (Å²) in [6.07, 6.45) is 0. The van der Waals surface area contributed by atoms with E-state index in [2.05, 4.69) is 21.2 Å². The molecule has 0 bridgehead atoms. The molecule has 0 aliphatic rings. The van der Waals surface area contributed by atoms with Gasteiger partial charge in [0.2, 0.25) is 5.91 Å². The molecule has 5 heteroatoms. The van der Waals surface area contributed by atoms with Crippen molar-refractivity contribution < 1.29 is 13.6 Å². The second kappa shape index (κ2) is 4.70. The van der Waals surface area contributed by atoms with Gasteiger partial charge in [-0.3, -0.25) is 4.79 Å². The first kappa shape index (κ1) is 12.1. The Hall–Kier alpha value is -0.970. The molecule has 0 aromatic heterocycles. The normalized spacial score (nSPS) is 12.3. The van der Waals surface area contributed by atoms with Crippen LogP contribution >= 0.6 is 15.9 Å². The Kier molecular flexibility index (Phi) is 3.79. The number of carbonyl (C=O) groups excluding carboxylic acids is 1. The molecule has 1 atom stereocenters. The average Bonchev–Trinajstić information content (AvgIpc) is 2.18. The number of anilines is 1. The van der Waals surface area contributed by atoms with E-state index >= 15 is 0 Å². The van der Waals surface area contributed by atoms with Crippen molar-refractivity contribution in [1.82, 2.24) is 0 Å². The molecule has 1 N–H and O–H groups in total. The molecule has 1 rings (SSSR count). The van der Waals surface area contributed by atoms with Crippen LogP contribution in [-0.2, 0) is 4.79 Å². The van der Waals surface area contributed by atoms with Crippen molar-refractivity contribution in [2.75, 3.05) is 5.32 Å². The summed E-state index contributed by atoms with van der Waals surface area (Å²) < 4.78 is 26.6. The molecule has 0 saturated carbocycles. The summed E-state index contributed by atoms with van der Waals surface area (Å²) in [7, 11) is 0. The summed E-state index contributed by atoms with van der Waals surface area (Å²) in [5.41, 5.74) is -0.111. The molecule has 0 spiro atoms.